The molecule has 2 aliphatic heterocycles. The molecule has 4 heterocycles. The Morgan fingerprint density at radius 2 is 1.74 bits per heavy atom. The van der Waals surface area contributed by atoms with Gasteiger partial charge in [0.2, 0.25) is 5.82 Å². The zero-order valence-corrected chi connectivity index (χ0v) is 22.2. The van der Waals surface area contributed by atoms with E-state index in [1.165, 1.54) is 0 Å². The van der Waals surface area contributed by atoms with Gasteiger partial charge in [-0.3, -0.25) is 9.69 Å². The molecule has 13 heteroatoms. The normalized spacial score (nSPS) is 18.3. The second-order valence-electron chi connectivity index (χ2n) is 9.66. The van der Waals surface area contributed by atoms with Crippen LogP contribution in [0.25, 0.3) is 10.9 Å². The van der Waals surface area contributed by atoms with Crippen LogP contribution in [0.3, 0.4) is 0 Å². The zero-order chi connectivity index (χ0) is 27.6. The molecule has 2 aromatic heterocycles. The fourth-order valence-corrected chi connectivity index (χ4v) is 5.14. The van der Waals surface area contributed by atoms with E-state index in [1.807, 2.05) is 17.0 Å². The Labute approximate surface area is 228 Å². The molecule has 2 fully saturated rings. The minimum Gasteiger partial charge on any atom is -0.379 e. The zero-order valence-electron chi connectivity index (χ0n) is 21.4. The van der Waals surface area contributed by atoms with Gasteiger partial charge in [0.05, 0.1) is 35.4 Å². The Kier molecular flexibility index (Phi) is 8.17. The molecule has 1 N–H and O–H groups in total. The average Bonchev–Trinajstić information content (AvgIpc) is 2.93. The van der Waals surface area contributed by atoms with Crippen molar-refractivity contribution in [2.75, 3.05) is 71.0 Å². The predicted octanol–water partition coefficient (Wildman–Crippen LogP) is 3.25. The van der Waals surface area contributed by atoms with E-state index in [1.54, 1.807) is 12.1 Å². The van der Waals surface area contributed by atoms with Crippen LogP contribution in [0.4, 0.5) is 19.0 Å². The number of benzene rings is 1. The molecule has 1 atom stereocenters. The van der Waals surface area contributed by atoms with Gasteiger partial charge in [-0.25, -0.2) is 15.0 Å². The summed E-state index contributed by atoms with van der Waals surface area (Å²) in [5.74, 6) is -0.758. The first-order chi connectivity index (χ1) is 18.7. The van der Waals surface area contributed by atoms with Crippen molar-refractivity contribution < 1.29 is 22.7 Å². The first-order valence-corrected chi connectivity index (χ1v) is 13.1. The number of hydrogen-bond acceptors (Lipinski definition) is 8. The van der Waals surface area contributed by atoms with Crippen molar-refractivity contribution in [1.29, 1.82) is 0 Å². The number of morpholine rings is 1. The van der Waals surface area contributed by atoms with E-state index in [9.17, 15) is 18.0 Å². The summed E-state index contributed by atoms with van der Waals surface area (Å²) in [5.41, 5.74) is 1.42. The Bertz CT molecular complexity index is 1310. The van der Waals surface area contributed by atoms with E-state index in [2.05, 4.69) is 32.1 Å². The fraction of sp³-hybridized carbons (Fsp3) is 0.462. The Balaban J connectivity index is 1.37. The number of hydrogen-bond donors (Lipinski definition) is 1. The number of halogens is 4. The molecule has 2 saturated heterocycles. The molecule has 0 saturated carbocycles. The second kappa shape index (κ2) is 11.6. The summed E-state index contributed by atoms with van der Waals surface area (Å²) in [5, 5.41) is 3.84. The molecule has 0 aliphatic carbocycles. The van der Waals surface area contributed by atoms with Crippen molar-refractivity contribution in [1.82, 2.24) is 30.1 Å². The highest BCUT2D eigenvalue weighted by atomic mass is 35.5. The summed E-state index contributed by atoms with van der Waals surface area (Å²) in [4.78, 5) is 31.8. The third-order valence-corrected chi connectivity index (χ3v) is 7.43. The van der Waals surface area contributed by atoms with Crippen LogP contribution >= 0.6 is 11.6 Å². The number of anilines is 1. The van der Waals surface area contributed by atoms with Crippen LogP contribution in [0.2, 0.25) is 5.02 Å². The lowest BCUT2D eigenvalue weighted by Gasteiger charge is -2.34. The van der Waals surface area contributed by atoms with Crippen LogP contribution in [0.15, 0.2) is 36.7 Å². The molecule has 1 unspecified atom stereocenters. The molecule has 1 amide bonds. The smallest absolute Gasteiger partial charge is 0.379 e. The number of carbonyl (C=O) groups excluding carboxylic acids is 1. The molecular formula is C26H29ClF3N7O2. The largest absolute Gasteiger partial charge is 0.451 e. The maximum Gasteiger partial charge on any atom is 0.451 e. The number of amides is 1. The number of rotatable bonds is 6. The van der Waals surface area contributed by atoms with Crippen molar-refractivity contribution in [3.8, 4) is 0 Å². The monoisotopic (exact) mass is 563 g/mol. The third-order valence-electron chi connectivity index (χ3n) is 7.11. The number of nitrogens with zero attached hydrogens (tertiary/aromatic N) is 6. The van der Waals surface area contributed by atoms with Crippen molar-refractivity contribution in [2.45, 2.75) is 12.2 Å². The van der Waals surface area contributed by atoms with E-state index < -0.39 is 23.9 Å². The number of ether oxygens (including phenoxy) is 1. The average molecular weight is 564 g/mol. The second-order valence-corrected chi connectivity index (χ2v) is 10.1. The minimum absolute atomic E-state index is 0.118. The first kappa shape index (κ1) is 27.5. The number of aromatic nitrogens is 3. The van der Waals surface area contributed by atoms with Gasteiger partial charge in [-0.1, -0.05) is 11.6 Å². The molecule has 0 bridgehead atoms. The van der Waals surface area contributed by atoms with E-state index >= 15 is 0 Å². The minimum atomic E-state index is -4.63. The van der Waals surface area contributed by atoms with Gasteiger partial charge in [0.25, 0.3) is 5.91 Å². The van der Waals surface area contributed by atoms with Gasteiger partial charge in [-0.15, -0.1) is 0 Å². The SMILES string of the molecule is CN1CCN(c2ccc3c(C(=O)NCC(c4cnc(C(F)(F)F)nc4)N4CCOCC4)c(Cl)ccc3n2)CC1. The van der Waals surface area contributed by atoms with Crippen LogP contribution in [0.1, 0.15) is 27.8 Å². The van der Waals surface area contributed by atoms with E-state index in [0.29, 0.717) is 48.3 Å². The van der Waals surface area contributed by atoms with Gasteiger partial charge in [0.15, 0.2) is 0 Å². The molecular weight excluding hydrogens is 535 g/mol. The van der Waals surface area contributed by atoms with Crippen LogP contribution in [-0.4, -0.2) is 96.7 Å². The third kappa shape index (κ3) is 6.24. The lowest BCUT2D eigenvalue weighted by molar-refractivity contribution is -0.145. The predicted molar refractivity (Wildman–Crippen MR) is 141 cm³/mol. The molecule has 3 aromatic rings. The molecule has 39 heavy (non-hydrogen) atoms. The summed E-state index contributed by atoms with van der Waals surface area (Å²) in [6, 6.07) is 6.76. The summed E-state index contributed by atoms with van der Waals surface area (Å²) < 4.78 is 44.4. The van der Waals surface area contributed by atoms with Crippen LogP contribution in [0, 0.1) is 0 Å². The summed E-state index contributed by atoms with van der Waals surface area (Å²) >= 11 is 6.49. The van der Waals surface area contributed by atoms with Gasteiger partial charge in [-0.05, 0) is 31.3 Å². The highest BCUT2D eigenvalue weighted by molar-refractivity contribution is 6.35. The number of carbonyl (C=O) groups is 1. The van der Waals surface area contributed by atoms with Crippen molar-refractivity contribution in [3.05, 3.63) is 58.6 Å². The van der Waals surface area contributed by atoms with Crippen LogP contribution < -0.4 is 10.2 Å². The number of likely N-dealkylation sites (N-methyl/N-ethyl adjacent to an activating group) is 1. The lowest BCUT2D eigenvalue weighted by atomic mass is 10.1. The molecule has 1 aromatic carbocycles. The number of fused-ring (bicyclic) bond motifs is 1. The van der Waals surface area contributed by atoms with E-state index in [4.69, 9.17) is 21.3 Å². The van der Waals surface area contributed by atoms with Gasteiger partial charge in [0, 0.05) is 69.2 Å². The molecule has 5 rings (SSSR count). The summed E-state index contributed by atoms with van der Waals surface area (Å²) in [6.07, 6.45) is -2.31. The molecule has 9 nitrogen and oxygen atoms in total. The molecule has 0 radical (unpaired) electrons. The molecule has 0 spiro atoms. The molecule has 2 aliphatic rings. The standard InChI is InChI=1S/C26H29ClF3N7O2/c1-35-6-8-37(9-7-35)22-5-2-18-20(34-22)4-3-19(27)23(18)24(38)31-16-21(36-10-12-39-13-11-36)17-14-32-25(33-15-17)26(28,29)30/h2-5,14-15,21H,6-13,16H2,1H3,(H,31,38). The highest BCUT2D eigenvalue weighted by Gasteiger charge is 2.35. The lowest BCUT2D eigenvalue weighted by Crippen LogP contribution is -2.44. The van der Waals surface area contributed by atoms with Gasteiger partial charge in [0.1, 0.15) is 5.82 Å². The highest BCUT2D eigenvalue weighted by Crippen LogP contribution is 2.29. The van der Waals surface area contributed by atoms with Gasteiger partial charge >= 0.3 is 6.18 Å². The van der Waals surface area contributed by atoms with Crippen LogP contribution in [-0.2, 0) is 10.9 Å². The topological polar surface area (TPSA) is 86.7 Å². The summed E-state index contributed by atoms with van der Waals surface area (Å²) in [6.45, 7) is 5.80. The maximum absolute atomic E-state index is 13.4. The summed E-state index contributed by atoms with van der Waals surface area (Å²) in [7, 11) is 2.09. The fourth-order valence-electron chi connectivity index (χ4n) is 4.89. The van der Waals surface area contributed by atoms with Crippen molar-refractivity contribution in [2.24, 2.45) is 0 Å². The number of pyridine rings is 1. The first-order valence-electron chi connectivity index (χ1n) is 12.7. The molecule has 208 valence electrons. The van der Waals surface area contributed by atoms with Crippen molar-refractivity contribution in [3.63, 3.8) is 0 Å². The van der Waals surface area contributed by atoms with Crippen molar-refractivity contribution >= 4 is 34.2 Å². The Morgan fingerprint density at radius 1 is 1.05 bits per heavy atom. The van der Waals surface area contributed by atoms with E-state index in [-0.39, 0.29) is 11.6 Å². The quantitative estimate of drug-likeness (QED) is 0.489. The Hall–Kier alpha value is -3.06. The van der Waals surface area contributed by atoms with Gasteiger partial charge < -0.3 is 19.9 Å². The number of nitrogens with one attached hydrogen (secondary N) is 1. The van der Waals surface area contributed by atoms with E-state index in [0.717, 1.165) is 44.4 Å². The Morgan fingerprint density at radius 3 is 2.41 bits per heavy atom. The number of piperazine rings is 1. The maximum atomic E-state index is 13.4. The number of alkyl halides is 3. The van der Waals surface area contributed by atoms with Crippen LogP contribution in [0.5, 0.6) is 0 Å². The van der Waals surface area contributed by atoms with Gasteiger partial charge in [-0.2, -0.15) is 13.2 Å².